The van der Waals surface area contributed by atoms with E-state index in [4.69, 9.17) is 17.3 Å². The van der Waals surface area contributed by atoms with Crippen LogP contribution in [0, 0.1) is 5.82 Å². The third kappa shape index (κ3) is 3.50. The van der Waals surface area contributed by atoms with Crippen LogP contribution in [0.15, 0.2) is 44.2 Å². The van der Waals surface area contributed by atoms with Crippen LogP contribution in [0.5, 0.6) is 0 Å². The molecule has 21 heavy (non-hydrogen) atoms. The second-order valence-electron chi connectivity index (χ2n) is 4.01. The molecular formula is C12H8Br2ClFN2O2S. The molecule has 0 radical (unpaired) electrons. The molecule has 0 spiro atoms. The largest absolute Gasteiger partial charge is 0.398 e. The van der Waals surface area contributed by atoms with Gasteiger partial charge in [0, 0.05) is 8.95 Å². The van der Waals surface area contributed by atoms with Gasteiger partial charge in [0.25, 0.3) is 10.0 Å². The van der Waals surface area contributed by atoms with Crippen molar-refractivity contribution in [1.82, 2.24) is 0 Å². The Hall–Kier alpha value is -0.830. The zero-order chi connectivity index (χ0) is 15.8. The molecular weight excluding hydrogens is 450 g/mol. The van der Waals surface area contributed by atoms with E-state index >= 15 is 0 Å². The number of sulfonamides is 1. The van der Waals surface area contributed by atoms with Crippen LogP contribution in [0.4, 0.5) is 15.8 Å². The minimum Gasteiger partial charge on any atom is -0.398 e. The summed E-state index contributed by atoms with van der Waals surface area (Å²) >= 11 is 12.0. The standard InChI is InChI=1S/C12H8Br2ClFN2O2S/c13-6-4-7(14)12(9(17)5-6)21(19,20)18-10-3-1-2-8(15)11(10)16/h1-5,18H,17H2. The molecule has 2 rings (SSSR count). The van der Waals surface area contributed by atoms with Gasteiger partial charge in [0.1, 0.15) is 4.90 Å². The van der Waals surface area contributed by atoms with Gasteiger partial charge in [-0.15, -0.1) is 0 Å². The van der Waals surface area contributed by atoms with Crippen LogP contribution < -0.4 is 10.5 Å². The van der Waals surface area contributed by atoms with Gasteiger partial charge in [-0.25, -0.2) is 12.8 Å². The van der Waals surface area contributed by atoms with Crippen molar-refractivity contribution >= 4 is 64.9 Å². The second-order valence-corrected chi connectivity index (χ2v) is 7.81. The number of halogens is 4. The van der Waals surface area contributed by atoms with Crippen molar-refractivity contribution in [2.75, 3.05) is 10.5 Å². The zero-order valence-electron chi connectivity index (χ0n) is 10.2. The molecule has 0 fully saturated rings. The summed E-state index contributed by atoms with van der Waals surface area (Å²) in [6.07, 6.45) is 0. The smallest absolute Gasteiger partial charge is 0.265 e. The lowest BCUT2D eigenvalue weighted by molar-refractivity contribution is 0.598. The fourth-order valence-corrected chi connectivity index (χ4v) is 4.95. The van der Waals surface area contributed by atoms with Crippen LogP contribution >= 0.6 is 43.5 Å². The van der Waals surface area contributed by atoms with Crippen LogP contribution in [-0.2, 0) is 10.0 Å². The quantitative estimate of drug-likeness (QED) is 0.671. The molecule has 2 aromatic rings. The molecule has 0 unspecified atom stereocenters. The number of anilines is 2. The third-order valence-corrected chi connectivity index (χ3v) is 5.62. The maximum absolute atomic E-state index is 13.8. The lowest BCUT2D eigenvalue weighted by Crippen LogP contribution is -2.16. The number of hydrogen-bond donors (Lipinski definition) is 2. The first-order valence-corrected chi connectivity index (χ1v) is 8.88. The average Bonchev–Trinajstić information content (AvgIpc) is 2.33. The molecule has 0 aliphatic rings. The molecule has 0 amide bonds. The Bertz CT molecular complexity index is 792. The fourth-order valence-electron chi connectivity index (χ4n) is 1.64. The van der Waals surface area contributed by atoms with Crippen molar-refractivity contribution in [2.24, 2.45) is 0 Å². The average molecular weight is 459 g/mol. The van der Waals surface area contributed by atoms with Crippen LogP contribution in [0.2, 0.25) is 5.02 Å². The van der Waals surface area contributed by atoms with Gasteiger partial charge in [0.05, 0.1) is 16.4 Å². The van der Waals surface area contributed by atoms with Gasteiger partial charge in [-0.3, -0.25) is 4.72 Å². The summed E-state index contributed by atoms with van der Waals surface area (Å²) in [6, 6.07) is 6.98. The molecule has 0 saturated heterocycles. The van der Waals surface area contributed by atoms with Crippen molar-refractivity contribution in [3.05, 3.63) is 50.1 Å². The van der Waals surface area contributed by atoms with Gasteiger partial charge < -0.3 is 5.73 Å². The van der Waals surface area contributed by atoms with Crippen LogP contribution in [-0.4, -0.2) is 8.42 Å². The Labute approximate surface area is 142 Å². The molecule has 0 aliphatic carbocycles. The Kier molecular flexibility index (Phi) is 4.82. The van der Waals surface area contributed by atoms with E-state index < -0.39 is 15.8 Å². The molecule has 0 aliphatic heterocycles. The predicted octanol–water partition coefficient (Wildman–Crippen LogP) is 4.39. The Morgan fingerprint density at radius 2 is 1.90 bits per heavy atom. The van der Waals surface area contributed by atoms with E-state index in [0.29, 0.717) is 4.47 Å². The molecule has 0 heterocycles. The van der Waals surface area contributed by atoms with E-state index in [0.717, 1.165) is 0 Å². The highest BCUT2D eigenvalue weighted by molar-refractivity contribution is 9.11. The van der Waals surface area contributed by atoms with Crippen molar-refractivity contribution in [2.45, 2.75) is 4.90 Å². The minimum atomic E-state index is -4.07. The summed E-state index contributed by atoms with van der Waals surface area (Å²) in [5, 5.41) is -0.182. The van der Waals surface area contributed by atoms with Crippen molar-refractivity contribution in [1.29, 1.82) is 0 Å². The highest BCUT2D eigenvalue weighted by atomic mass is 79.9. The summed E-state index contributed by atoms with van der Waals surface area (Å²) in [5.41, 5.74) is 5.50. The number of nitrogen functional groups attached to an aromatic ring is 1. The first kappa shape index (κ1) is 16.5. The number of nitrogens with one attached hydrogen (secondary N) is 1. The minimum absolute atomic E-state index is 0.0196. The van der Waals surface area contributed by atoms with Gasteiger partial charge in [-0.2, -0.15) is 0 Å². The molecule has 2 aromatic carbocycles. The Balaban J connectivity index is 2.51. The van der Waals surface area contributed by atoms with Gasteiger partial charge in [0.2, 0.25) is 0 Å². The molecule has 0 aromatic heterocycles. The maximum atomic E-state index is 13.8. The maximum Gasteiger partial charge on any atom is 0.265 e. The Morgan fingerprint density at radius 3 is 2.52 bits per heavy atom. The summed E-state index contributed by atoms with van der Waals surface area (Å²) in [5.74, 6) is -0.852. The molecule has 0 bridgehead atoms. The monoisotopic (exact) mass is 456 g/mol. The lowest BCUT2D eigenvalue weighted by Gasteiger charge is -2.13. The first-order chi connectivity index (χ1) is 9.72. The molecule has 112 valence electrons. The van der Waals surface area contributed by atoms with Crippen molar-refractivity contribution in [3.8, 4) is 0 Å². The van der Waals surface area contributed by atoms with Crippen LogP contribution in [0.1, 0.15) is 0 Å². The van der Waals surface area contributed by atoms with E-state index in [1.54, 1.807) is 0 Å². The van der Waals surface area contributed by atoms with Crippen molar-refractivity contribution < 1.29 is 12.8 Å². The molecule has 4 nitrogen and oxygen atoms in total. The van der Waals surface area contributed by atoms with Gasteiger partial charge in [-0.1, -0.05) is 33.6 Å². The third-order valence-electron chi connectivity index (χ3n) is 2.50. The summed E-state index contributed by atoms with van der Waals surface area (Å²) in [6.45, 7) is 0. The highest BCUT2D eigenvalue weighted by Gasteiger charge is 2.23. The molecule has 0 saturated carbocycles. The normalized spacial score (nSPS) is 11.4. The van der Waals surface area contributed by atoms with E-state index in [9.17, 15) is 12.8 Å². The molecule has 9 heteroatoms. The summed E-state index contributed by atoms with van der Waals surface area (Å²) in [7, 11) is -4.07. The predicted molar refractivity (Wildman–Crippen MR) is 88.5 cm³/mol. The van der Waals surface area contributed by atoms with E-state index in [1.807, 2.05) is 0 Å². The highest BCUT2D eigenvalue weighted by Crippen LogP contribution is 2.33. The number of rotatable bonds is 3. The van der Waals surface area contributed by atoms with E-state index in [2.05, 4.69) is 36.6 Å². The van der Waals surface area contributed by atoms with Crippen LogP contribution in [0.3, 0.4) is 0 Å². The molecule has 3 N–H and O–H groups in total. The van der Waals surface area contributed by atoms with Gasteiger partial charge >= 0.3 is 0 Å². The SMILES string of the molecule is Nc1cc(Br)cc(Br)c1S(=O)(=O)Nc1cccc(Cl)c1F. The van der Waals surface area contributed by atoms with Gasteiger partial charge in [0.15, 0.2) is 5.82 Å². The molecule has 0 atom stereocenters. The topological polar surface area (TPSA) is 72.2 Å². The van der Waals surface area contributed by atoms with E-state index in [1.165, 1.54) is 30.3 Å². The lowest BCUT2D eigenvalue weighted by atomic mass is 10.3. The van der Waals surface area contributed by atoms with E-state index in [-0.39, 0.29) is 25.8 Å². The number of nitrogens with two attached hydrogens (primary N) is 1. The van der Waals surface area contributed by atoms with Crippen LogP contribution in [0.25, 0.3) is 0 Å². The number of benzene rings is 2. The zero-order valence-corrected chi connectivity index (χ0v) is 14.9. The van der Waals surface area contributed by atoms with Gasteiger partial charge in [-0.05, 0) is 40.2 Å². The summed E-state index contributed by atoms with van der Waals surface area (Å²) in [4.78, 5) is -0.176. The first-order valence-electron chi connectivity index (χ1n) is 5.43. The number of hydrogen-bond acceptors (Lipinski definition) is 3. The Morgan fingerprint density at radius 1 is 1.24 bits per heavy atom. The fraction of sp³-hybridized carbons (Fsp3) is 0. The second kappa shape index (κ2) is 6.12. The van der Waals surface area contributed by atoms with Crippen molar-refractivity contribution in [3.63, 3.8) is 0 Å². The summed E-state index contributed by atoms with van der Waals surface area (Å²) < 4.78 is 41.5.